The summed E-state index contributed by atoms with van der Waals surface area (Å²) in [6.45, 7) is 2.33. The van der Waals surface area contributed by atoms with Crippen molar-refractivity contribution in [2.24, 2.45) is 0 Å². The van der Waals surface area contributed by atoms with Gasteiger partial charge in [-0.05, 0) is 42.8 Å². The van der Waals surface area contributed by atoms with Crippen LogP contribution in [0.15, 0.2) is 48.5 Å². The number of amides is 2. The van der Waals surface area contributed by atoms with Gasteiger partial charge in [-0.25, -0.2) is 4.39 Å². The molecule has 0 heterocycles. The maximum atomic E-state index is 13.7. The molecule has 0 atom stereocenters. The normalized spacial score (nSPS) is 10.8. The van der Waals surface area contributed by atoms with Gasteiger partial charge < -0.3 is 10.2 Å². The molecule has 0 bridgehead atoms. The fourth-order valence-electron chi connectivity index (χ4n) is 2.31. The van der Waals surface area contributed by atoms with Crippen LogP contribution in [0.3, 0.4) is 0 Å². The quantitative estimate of drug-likeness (QED) is 0.693. The highest BCUT2D eigenvalue weighted by molar-refractivity contribution is 6.32. The molecule has 0 unspecified atom stereocenters. The minimum Gasteiger partial charge on any atom is -0.350 e. The number of nitrogens with one attached hydrogen (secondary N) is 1. The first kappa shape index (κ1) is 20.9. The second kappa shape index (κ2) is 10.1. The zero-order valence-corrected chi connectivity index (χ0v) is 16.2. The van der Waals surface area contributed by atoms with Crippen molar-refractivity contribution in [1.29, 1.82) is 0 Å². The summed E-state index contributed by atoms with van der Waals surface area (Å²) in [4.78, 5) is 25.7. The van der Waals surface area contributed by atoms with E-state index in [1.165, 1.54) is 35.3 Å². The lowest BCUT2D eigenvalue weighted by molar-refractivity contribution is -0.132. The number of rotatable bonds is 7. The van der Waals surface area contributed by atoms with Gasteiger partial charge in [0.25, 0.3) is 0 Å². The van der Waals surface area contributed by atoms with Gasteiger partial charge >= 0.3 is 0 Å². The summed E-state index contributed by atoms with van der Waals surface area (Å²) in [5.74, 6) is -1.22. The fourth-order valence-corrected chi connectivity index (χ4v) is 2.66. The van der Waals surface area contributed by atoms with E-state index in [9.17, 15) is 14.0 Å². The van der Waals surface area contributed by atoms with Crippen LogP contribution in [0.4, 0.5) is 4.39 Å². The van der Waals surface area contributed by atoms with E-state index in [0.717, 1.165) is 5.56 Å². The highest BCUT2D eigenvalue weighted by Gasteiger charge is 2.13. The molecule has 0 fully saturated rings. The third-order valence-corrected chi connectivity index (χ3v) is 4.40. The van der Waals surface area contributed by atoms with E-state index in [0.29, 0.717) is 18.1 Å². The maximum Gasteiger partial charge on any atom is 0.247 e. The second-order valence-electron chi connectivity index (χ2n) is 5.72. The Morgan fingerprint density at radius 1 is 1.15 bits per heavy atom. The molecule has 142 valence electrons. The van der Waals surface area contributed by atoms with Crippen molar-refractivity contribution in [2.75, 3.05) is 13.1 Å². The lowest BCUT2D eigenvalue weighted by atomic mass is 10.2. The van der Waals surface area contributed by atoms with Gasteiger partial charge in [0.15, 0.2) is 0 Å². The third-order valence-electron chi connectivity index (χ3n) is 3.82. The van der Waals surface area contributed by atoms with Gasteiger partial charge in [0, 0.05) is 29.8 Å². The Balaban J connectivity index is 1.93. The van der Waals surface area contributed by atoms with Gasteiger partial charge in [0.2, 0.25) is 11.8 Å². The Hall–Kier alpha value is -2.37. The molecule has 0 aromatic heterocycles. The number of hydrogen-bond acceptors (Lipinski definition) is 2. The Morgan fingerprint density at radius 2 is 1.85 bits per heavy atom. The summed E-state index contributed by atoms with van der Waals surface area (Å²) in [7, 11) is 0. The van der Waals surface area contributed by atoms with Crippen LogP contribution < -0.4 is 5.32 Å². The number of halogens is 3. The van der Waals surface area contributed by atoms with E-state index in [1.807, 2.05) is 12.1 Å². The van der Waals surface area contributed by atoms with Crippen LogP contribution in [0.1, 0.15) is 18.1 Å². The molecule has 2 aromatic rings. The van der Waals surface area contributed by atoms with Crippen molar-refractivity contribution in [3.63, 3.8) is 0 Å². The molecule has 0 spiro atoms. The average molecular weight is 409 g/mol. The molecule has 0 saturated carbocycles. The zero-order chi connectivity index (χ0) is 19.8. The van der Waals surface area contributed by atoms with Crippen molar-refractivity contribution in [3.8, 4) is 0 Å². The van der Waals surface area contributed by atoms with Crippen LogP contribution in [-0.2, 0) is 16.1 Å². The van der Waals surface area contributed by atoms with Crippen molar-refractivity contribution in [1.82, 2.24) is 10.2 Å². The lowest BCUT2D eigenvalue weighted by Gasteiger charge is -2.18. The van der Waals surface area contributed by atoms with E-state index in [-0.39, 0.29) is 23.0 Å². The maximum absolute atomic E-state index is 13.7. The Morgan fingerprint density at radius 3 is 2.48 bits per heavy atom. The highest BCUT2D eigenvalue weighted by atomic mass is 35.5. The summed E-state index contributed by atoms with van der Waals surface area (Å²) >= 11 is 11.8. The lowest BCUT2D eigenvalue weighted by Crippen LogP contribution is -2.39. The van der Waals surface area contributed by atoms with Gasteiger partial charge in [-0.3, -0.25) is 9.59 Å². The summed E-state index contributed by atoms with van der Waals surface area (Å²) in [5, 5.41) is 3.58. The number of carbonyl (C=O) groups excluding carboxylic acids is 2. The number of hydrogen-bond donors (Lipinski definition) is 1. The highest BCUT2D eigenvalue weighted by Crippen LogP contribution is 2.20. The molecule has 0 saturated heterocycles. The van der Waals surface area contributed by atoms with Gasteiger partial charge in [0.1, 0.15) is 5.82 Å². The Kier molecular flexibility index (Phi) is 7.82. The average Bonchev–Trinajstić information content (AvgIpc) is 2.65. The van der Waals surface area contributed by atoms with Crippen molar-refractivity contribution >= 4 is 41.1 Å². The van der Waals surface area contributed by atoms with Gasteiger partial charge in [-0.1, -0.05) is 41.4 Å². The largest absolute Gasteiger partial charge is 0.350 e. The molecule has 2 aromatic carbocycles. The summed E-state index contributed by atoms with van der Waals surface area (Å²) < 4.78 is 13.7. The summed E-state index contributed by atoms with van der Waals surface area (Å²) in [6.07, 6.45) is 2.52. The van der Waals surface area contributed by atoms with E-state index >= 15 is 0 Å². The topological polar surface area (TPSA) is 49.4 Å². The van der Waals surface area contributed by atoms with Crippen LogP contribution in [0, 0.1) is 5.82 Å². The van der Waals surface area contributed by atoms with E-state index in [1.54, 1.807) is 19.1 Å². The van der Waals surface area contributed by atoms with Crippen LogP contribution in [0.25, 0.3) is 6.08 Å². The fraction of sp³-hybridized carbons (Fsp3) is 0.200. The predicted molar refractivity (Wildman–Crippen MR) is 106 cm³/mol. The number of likely N-dealkylation sites (N-methyl/N-ethyl adjacent to an activating group) is 1. The van der Waals surface area contributed by atoms with E-state index < -0.39 is 11.7 Å². The van der Waals surface area contributed by atoms with Crippen molar-refractivity contribution < 1.29 is 14.0 Å². The van der Waals surface area contributed by atoms with Gasteiger partial charge in [0.05, 0.1) is 11.6 Å². The van der Waals surface area contributed by atoms with Gasteiger partial charge in [-0.2, -0.15) is 0 Å². The molecule has 0 aliphatic rings. The minimum absolute atomic E-state index is 0.0989. The molecule has 27 heavy (non-hydrogen) atoms. The monoisotopic (exact) mass is 408 g/mol. The molecule has 7 heteroatoms. The summed E-state index contributed by atoms with van der Waals surface area (Å²) in [6, 6.07) is 11.4. The van der Waals surface area contributed by atoms with E-state index in [4.69, 9.17) is 23.2 Å². The number of benzene rings is 2. The van der Waals surface area contributed by atoms with Crippen LogP contribution in [-0.4, -0.2) is 29.8 Å². The molecule has 2 amide bonds. The second-order valence-corrected chi connectivity index (χ2v) is 6.57. The Bertz CT molecular complexity index is 818. The van der Waals surface area contributed by atoms with Crippen molar-refractivity contribution in [2.45, 2.75) is 13.5 Å². The first-order valence-corrected chi connectivity index (χ1v) is 9.08. The molecule has 1 N–H and O–H groups in total. The van der Waals surface area contributed by atoms with Crippen molar-refractivity contribution in [3.05, 3.63) is 75.5 Å². The minimum atomic E-state index is -0.518. The SMILES string of the molecule is CCN(CC(=O)NCc1ccc(Cl)cc1)C(=O)/C=C/c1c(F)cccc1Cl. The molecule has 0 aliphatic carbocycles. The van der Waals surface area contributed by atoms with Gasteiger partial charge in [-0.15, -0.1) is 0 Å². The number of carbonyl (C=O) groups is 2. The number of nitrogens with zero attached hydrogens (tertiary/aromatic N) is 1. The zero-order valence-electron chi connectivity index (χ0n) is 14.7. The predicted octanol–water partition coefficient (Wildman–Crippen LogP) is 4.31. The third kappa shape index (κ3) is 6.38. The first-order chi connectivity index (χ1) is 12.9. The molecule has 4 nitrogen and oxygen atoms in total. The smallest absolute Gasteiger partial charge is 0.247 e. The molecular formula is C20H19Cl2FN2O2. The molecule has 2 rings (SSSR count). The summed E-state index contributed by atoms with van der Waals surface area (Å²) in [5.41, 5.74) is 1.03. The first-order valence-electron chi connectivity index (χ1n) is 8.33. The molecule has 0 radical (unpaired) electrons. The van der Waals surface area contributed by atoms with Crippen LogP contribution in [0.2, 0.25) is 10.0 Å². The molecule has 0 aliphatic heterocycles. The van der Waals surface area contributed by atoms with E-state index in [2.05, 4.69) is 5.32 Å². The standard InChI is InChI=1S/C20H19Cl2FN2O2/c1-2-25(13-19(26)24-12-14-6-8-15(21)9-7-14)20(27)11-10-16-17(22)4-3-5-18(16)23/h3-11H,2,12-13H2,1H3,(H,24,26)/b11-10+. The van der Waals surface area contributed by atoms with Crippen LogP contribution in [0.5, 0.6) is 0 Å². The Labute approximate surface area is 167 Å². The molecular weight excluding hydrogens is 390 g/mol. The van der Waals surface area contributed by atoms with Crippen LogP contribution >= 0.6 is 23.2 Å².